The molecule has 0 unspecified atom stereocenters. The number of nitrogen functional groups attached to an aromatic ring is 1. The summed E-state index contributed by atoms with van der Waals surface area (Å²) in [5, 5.41) is 8.69. The van der Waals surface area contributed by atoms with Gasteiger partial charge in [-0.15, -0.1) is 0 Å². The van der Waals surface area contributed by atoms with Crippen LogP contribution in [0.1, 0.15) is 100.0 Å². The highest BCUT2D eigenvalue weighted by Crippen LogP contribution is 2.24. The smallest absolute Gasteiger partial charge is 0.410 e. The maximum absolute atomic E-state index is 12.2. The number of likely N-dealkylation sites (tertiary alicyclic amines) is 2. The van der Waals surface area contributed by atoms with Crippen molar-refractivity contribution < 1.29 is 33.8 Å². The van der Waals surface area contributed by atoms with Crippen molar-refractivity contribution in [3.05, 3.63) is 51.4 Å². The van der Waals surface area contributed by atoms with Gasteiger partial charge in [0.2, 0.25) is 0 Å². The molecule has 300 valence electrons. The lowest BCUT2D eigenvalue weighted by Gasteiger charge is -2.33. The average molecular weight is 986 g/mol. The molecule has 0 bridgehead atoms. The van der Waals surface area contributed by atoms with Crippen LogP contribution in [0.15, 0.2) is 45.9 Å². The fourth-order valence-electron chi connectivity index (χ4n) is 5.14. The first-order chi connectivity index (χ1) is 24.2. The van der Waals surface area contributed by atoms with Gasteiger partial charge in [0.05, 0.1) is 5.69 Å². The van der Waals surface area contributed by atoms with E-state index < -0.39 is 17.2 Å². The third-order valence-corrected chi connectivity index (χ3v) is 8.27. The number of carboxylic acid groups (broad SMARTS) is 1. The average Bonchev–Trinajstić information content (AvgIpc) is 3.01. The van der Waals surface area contributed by atoms with Crippen molar-refractivity contribution >= 4 is 84.1 Å². The van der Waals surface area contributed by atoms with Gasteiger partial charge < -0.3 is 30.1 Å². The Bertz CT molecular complexity index is 1390. The number of aliphatic carboxylic acids is 1. The van der Waals surface area contributed by atoms with Crippen LogP contribution in [0.25, 0.3) is 0 Å². The number of carboxylic acids is 1. The highest BCUT2D eigenvalue weighted by molar-refractivity contribution is 14.1. The Hall–Kier alpha value is -2.53. The number of piperidine rings is 2. The fraction of sp³-hybridized carbons (Fsp3) is 0.632. The molecular weight excluding hydrogens is 925 g/mol. The van der Waals surface area contributed by atoms with Crippen molar-refractivity contribution in [1.82, 2.24) is 19.8 Å². The number of Topliss-reactive ketones (excluding diaryl/α,β-unsaturated/α-hetero) is 1. The third kappa shape index (κ3) is 24.5. The van der Waals surface area contributed by atoms with Crippen molar-refractivity contribution in [3.8, 4) is 0 Å². The second-order valence-electron chi connectivity index (χ2n) is 14.6. The van der Waals surface area contributed by atoms with E-state index >= 15 is 0 Å². The first-order valence-electron chi connectivity index (χ1n) is 17.4. The lowest BCUT2D eigenvalue weighted by Crippen LogP contribution is -2.42. The summed E-state index contributed by atoms with van der Waals surface area (Å²) in [6.07, 6.45) is 10.5. The number of hydrogen-bond donors (Lipinski definition) is 2. The van der Waals surface area contributed by atoms with E-state index in [2.05, 4.69) is 71.3 Å². The quantitative estimate of drug-likeness (QED) is 0.210. The Morgan fingerprint density at radius 3 is 1.53 bits per heavy atom. The van der Waals surface area contributed by atoms with Crippen LogP contribution in [-0.4, -0.2) is 90.6 Å². The van der Waals surface area contributed by atoms with E-state index in [-0.39, 0.29) is 37.7 Å². The molecule has 12 nitrogen and oxygen atoms in total. The normalized spacial score (nSPS) is 14.8. The molecule has 0 atom stereocenters. The number of nitrogens with two attached hydrogens (primary N) is 1. The third-order valence-electron chi connectivity index (χ3n) is 7.40. The largest absolute Gasteiger partial charge is 0.481 e. The van der Waals surface area contributed by atoms with Crippen molar-refractivity contribution in [3.63, 3.8) is 0 Å². The van der Waals surface area contributed by atoms with Crippen LogP contribution in [-0.2, 0) is 25.5 Å². The maximum Gasteiger partial charge on any atom is 0.410 e. The topological polar surface area (TPSA) is 165 Å². The maximum atomic E-state index is 12.2. The Kier molecular flexibility index (Phi) is 24.3. The van der Waals surface area contributed by atoms with Crippen molar-refractivity contribution in [2.45, 2.75) is 112 Å². The van der Waals surface area contributed by atoms with Gasteiger partial charge in [-0.1, -0.05) is 36.9 Å². The zero-order chi connectivity index (χ0) is 39.5. The highest BCUT2D eigenvalue weighted by Gasteiger charge is 2.29. The van der Waals surface area contributed by atoms with Crippen molar-refractivity contribution in [2.75, 3.05) is 36.3 Å². The molecule has 2 aromatic heterocycles. The van der Waals surface area contributed by atoms with E-state index in [1.807, 2.05) is 47.6 Å². The van der Waals surface area contributed by atoms with Gasteiger partial charge in [0.25, 0.3) is 0 Å². The minimum Gasteiger partial charge on any atom is -0.481 e. The molecule has 0 radical (unpaired) electrons. The minimum absolute atomic E-state index is 0. The first kappa shape index (κ1) is 50.5. The molecule has 2 fully saturated rings. The Morgan fingerprint density at radius 2 is 1.19 bits per heavy atom. The van der Waals surface area contributed by atoms with E-state index in [0.29, 0.717) is 50.6 Å². The van der Waals surface area contributed by atoms with E-state index in [1.54, 1.807) is 40.7 Å². The monoisotopic (exact) mass is 983 g/mol. The molecule has 0 saturated carbocycles. The number of aromatic nitrogens is 2. The number of pyridine rings is 2. The van der Waals surface area contributed by atoms with Gasteiger partial charge in [0.1, 0.15) is 17.0 Å². The molecule has 2 aliphatic rings. The Balaban J connectivity index is 0.000000807. The number of ether oxygens (including phenoxy) is 2. The van der Waals surface area contributed by atoms with Gasteiger partial charge in [-0.25, -0.2) is 9.59 Å². The molecule has 0 aliphatic carbocycles. The van der Waals surface area contributed by atoms with E-state index in [1.165, 1.54) is 4.43 Å². The van der Waals surface area contributed by atoms with Crippen LogP contribution in [0, 0.1) is 11.8 Å². The lowest BCUT2D eigenvalue weighted by molar-refractivity contribution is -0.138. The molecule has 2 saturated heterocycles. The van der Waals surface area contributed by atoms with E-state index in [9.17, 15) is 19.2 Å². The summed E-state index contributed by atoms with van der Waals surface area (Å²) in [5.41, 5.74) is 6.03. The first-order valence-corrected chi connectivity index (χ1v) is 20.5. The molecule has 2 amide bonds. The number of rotatable bonds is 6. The van der Waals surface area contributed by atoms with Gasteiger partial charge in [0, 0.05) is 79.2 Å². The zero-order valence-electron chi connectivity index (χ0n) is 31.5. The highest BCUT2D eigenvalue weighted by atomic mass is 127. The number of nitrogens with zero attached hydrogens (tertiary/aromatic N) is 4. The number of anilines is 1. The van der Waals surface area contributed by atoms with Crippen LogP contribution in [0.3, 0.4) is 0 Å². The van der Waals surface area contributed by atoms with Gasteiger partial charge in [-0.05, 0) is 133 Å². The molecule has 2 aliphatic heterocycles. The fourth-order valence-corrected chi connectivity index (χ4v) is 5.94. The van der Waals surface area contributed by atoms with Crippen LogP contribution in [0.2, 0.25) is 0 Å². The minimum atomic E-state index is -0.763. The summed E-state index contributed by atoms with van der Waals surface area (Å²) >= 11 is 8.88. The molecule has 53 heavy (non-hydrogen) atoms. The molecule has 0 spiro atoms. The predicted molar refractivity (Wildman–Crippen MR) is 226 cm³/mol. The lowest BCUT2D eigenvalue weighted by atomic mass is 9.90. The van der Waals surface area contributed by atoms with Crippen molar-refractivity contribution in [2.24, 2.45) is 11.8 Å². The second-order valence-corrected chi connectivity index (χ2v) is 17.9. The van der Waals surface area contributed by atoms with Gasteiger partial charge >= 0.3 is 18.2 Å². The number of amides is 2. The van der Waals surface area contributed by atoms with Crippen molar-refractivity contribution in [1.29, 1.82) is 0 Å². The van der Waals surface area contributed by atoms with Crippen LogP contribution < -0.4 is 5.73 Å². The number of hydrogen-bond acceptors (Lipinski definition) is 9. The van der Waals surface area contributed by atoms with E-state index in [0.717, 1.165) is 40.2 Å². The Morgan fingerprint density at radius 1 is 0.792 bits per heavy atom. The summed E-state index contributed by atoms with van der Waals surface area (Å²) in [5.74, 6) is -0.00572. The number of alkyl halides is 1. The number of carbonyl (C=O) groups excluding carboxylic acids is 3. The summed E-state index contributed by atoms with van der Waals surface area (Å²) in [7, 11) is 0. The predicted octanol–water partition coefficient (Wildman–Crippen LogP) is 9.60. The number of halogens is 3. The van der Waals surface area contributed by atoms with Gasteiger partial charge in [0.15, 0.2) is 0 Å². The van der Waals surface area contributed by atoms with Crippen LogP contribution >= 0.6 is 54.5 Å². The molecule has 0 aromatic carbocycles. The van der Waals surface area contributed by atoms with Crippen LogP contribution in [0.5, 0.6) is 0 Å². The Labute approximate surface area is 347 Å². The molecule has 4 heterocycles. The summed E-state index contributed by atoms with van der Waals surface area (Å²) in [6.45, 7) is 15.7. The number of carbonyl (C=O) groups is 4. The van der Waals surface area contributed by atoms with Crippen LogP contribution in [0.4, 0.5) is 15.3 Å². The molecule has 2 aromatic rings. The second kappa shape index (κ2) is 25.5. The summed E-state index contributed by atoms with van der Waals surface area (Å²) < 4.78 is 13.7. The SMILES string of the molecule is C.CC(C)(C)OC(=O)N1CCC(CC(=O)Cc2cncc(Br)c2)CC1.CC(C)(C)OC(=O)N1CCC(CC(=O)O)CC1.CCI.Nc1cncc(Br)c1. The van der Waals surface area contributed by atoms with E-state index in [4.69, 9.17) is 20.3 Å². The molecule has 3 N–H and O–H groups in total. The molecular formula is C38H60Br2IN5O7. The zero-order valence-corrected chi connectivity index (χ0v) is 36.8. The standard InChI is InChI=1S/C18H25BrN2O3.C12H21NO4.C5H5BrN2.C2H5I.CH4/c1-18(2,3)24-17(23)21-6-4-13(5-7-21)9-16(22)10-14-8-15(19)12-20-11-14;1-12(2,3)17-11(16)13-6-4-9(5-7-13)8-10(14)15;6-4-1-5(7)3-8-2-4;1-2-3;/h8,11-13H,4-7,9-10H2,1-3H3;9H,4-8H2,1-3H3,(H,14,15);1-3H,7H2;2H2,1H3;1H4. The summed E-state index contributed by atoms with van der Waals surface area (Å²) in [6, 6.07) is 3.73. The van der Waals surface area contributed by atoms with Gasteiger partial charge in [-0.2, -0.15) is 0 Å². The molecule has 15 heteroatoms. The summed E-state index contributed by atoms with van der Waals surface area (Å²) in [4.78, 5) is 57.9. The molecule has 4 rings (SSSR count). The van der Waals surface area contributed by atoms with Gasteiger partial charge in [-0.3, -0.25) is 19.6 Å². The number of ketones is 1.